The van der Waals surface area contributed by atoms with Crippen LogP contribution in [-0.4, -0.2) is 74.8 Å². The zero-order chi connectivity index (χ0) is 30.1. The Balaban J connectivity index is 1.91. The topological polar surface area (TPSA) is 207 Å². The number of benzene rings is 2. The molecule has 0 aliphatic heterocycles. The third-order valence-electron chi connectivity index (χ3n) is 7.05. The molecule has 12 heteroatoms. The number of H-pyrrole nitrogens is 1. The van der Waals surface area contributed by atoms with E-state index in [2.05, 4.69) is 20.9 Å². The van der Waals surface area contributed by atoms with Gasteiger partial charge in [0.05, 0.1) is 6.61 Å². The molecule has 0 saturated heterocycles. The Hall–Kier alpha value is -4.42. The van der Waals surface area contributed by atoms with Gasteiger partial charge < -0.3 is 42.0 Å². The predicted molar refractivity (Wildman–Crippen MR) is 152 cm³/mol. The minimum Gasteiger partial charge on any atom is -0.508 e. The van der Waals surface area contributed by atoms with Crippen molar-refractivity contribution in [2.75, 3.05) is 6.61 Å². The third kappa shape index (κ3) is 8.29. The maximum Gasteiger partial charge on any atom is 0.326 e. The van der Waals surface area contributed by atoms with Crippen molar-refractivity contribution in [3.63, 3.8) is 0 Å². The Morgan fingerprint density at radius 3 is 2.15 bits per heavy atom. The van der Waals surface area contributed by atoms with Crippen LogP contribution in [0, 0.1) is 5.92 Å². The van der Waals surface area contributed by atoms with Crippen molar-refractivity contribution >= 4 is 34.6 Å². The van der Waals surface area contributed by atoms with Crippen molar-refractivity contribution in [2.45, 2.75) is 57.3 Å². The maximum absolute atomic E-state index is 13.6. The standard InChI is InChI=1S/C29H37N5O7/c1-3-16(2)25(29(40)41)34-28(39)23(12-17-8-10-19(36)11-9-17)33-27(38)24(32-26(37)21(30)15-35)13-18-14-31-22-7-5-4-6-20(18)22/h4-11,14,16,21,23-25,31,35-36H,3,12-13,15,30H2,1-2H3,(H,32,37)(H,33,38)(H,34,39)(H,40,41). The minimum atomic E-state index is -1.27. The fourth-order valence-electron chi connectivity index (χ4n) is 4.38. The van der Waals surface area contributed by atoms with E-state index in [0.717, 1.165) is 16.5 Å². The summed E-state index contributed by atoms with van der Waals surface area (Å²) in [7, 11) is 0. The number of amides is 3. The number of aliphatic carboxylic acids is 1. The van der Waals surface area contributed by atoms with Gasteiger partial charge in [-0.3, -0.25) is 14.4 Å². The molecule has 0 saturated carbocycles. The second kappa shape index (κ2) is 14.3. The smallest absolute Gasteiger partial charge is 0.326 e. The number of fused-ring (bicyclic) bond motifs is 1. The number of para-hydroxylation sites is 1. The normalized spacial score (nSPS) is 14.8. The van der Waals surface area contributed by atoms with Gasteiger partial charge in [0.25, 0.3) is 0 Å². The summed E-state index contributed by atoms with van der Waals surface area (Å²) >= 11 is 0. The number of aliphatic hydroxyl groups excluding tert-OH is 1. The zero-order valence-corrected chi connectivity index (χ0v) is 23.0. The number of carbonyl (C=O) groups is 4. The van der Waals surface area contributed by atoms with E-state index in [9.17, 15) is 34.5 Å². The Morgan fingerprint density at radius 1 is 0.902 bits per heavy atom. The number of phenols is 1. The molecule has 0 aliphatic carbocycles. The number of hydrogen-bond acceptors (Lipinski definition) is 7. The second-order valence-corrected chi connectivity index (χ2v) is 10.1. The first kappa shape index (κ1) is 31.1. The largest absolute Gasteiger partial charge is 0.508 e. The van der Waals surface area contributed by atoms with Gasteiger partial charge in [-0.25, -0.2) is 4.79 Å². The number of nitrogens with two attached hydrogens (primary N) is 1. The molecule has 0 spiro atoms. The Morgan fingerprint density at radius 2 is 1.51 bits per heavy atom. The van der Waals surface area contributed by atoms with E-state index in [1.807, 2.05) is 24.3 Å². The van der Waals surface area contributed by atoms with Gasteiger partial charge in [0.2, 0.25) is 17.7 Å². The summed E-state index contributed by atoms with van der Waals surface area (Å²) < 4.78 is 0. The van der Waals surface area contributed by atoms with Gasteiger partial charge in [0.1, 0.15) is 29.9 Å². The highest BCUT2D eigenvalue weighted by molar-refractivity contribution is 5.95. The van der Waals surface area contributed by atoms with Gasteiger partial charge >= 0.3 is 5.97 Å². The molecule has 9 N–H and O–H groups in total. The van der Waals surface area contributed by atoms with Crippen LogP contribution in [0.3, 0.4) is 0 Å². The number of carboxylic acids is 1. The number of aromatic amines is 1. The van der Waals surface area contributed by atoms with Gasteiger partial charge in [0.15, 0.2) is 0 Å². The molecule has 12 nitrogen and oxygen atoms in total. The van der Waals surface area contributed by atoms with E-state index in [1.165, 1.54) is 12.1 Å². The van der Waals surface area contributed by atoms with E-state index in [-0.39, 0.29) is 24.5 Å². The number of rotatable bonds is 14. The molecule has 3 aromatic rings. The van der Waals surface area contributed by atoms with Gasteiger partial charge in [0, 0.05) is 29.9 Å². The highest BCUT2D eigenvalue weighted by Crippen LogP contribution is 2.20. The SMILES string of the molecule is CCC(C)C(NC(=O)C(Cc1ccc(O)cc1)NC(=O)C(Cc1c[nH]c2ccccc12)NC(=O)C(N)CO)C(=O)O. The molecular weight excluding hydrogens is 530 g/mol. The molecular formula is C29H37N5O7. The summed E-state index contributed by atoms with van der Waals surface area (Å²) in [5.41, 5.74) is 7.82. The lowest BCUT2D eigenvalue weighted by atomic mass is 9.97. The summed E-state index contributed by atoms with van der Waals surface area (Å²) in [5, 5.41) is 37.3. The number of hydrogen-bond donors (Lipinski definition) is 8. The number of carbonyl (C=O) groups excluding carboxylic acids is 3. The number of aromatic hydroxyl groups is 1. The molecule has 2 aromatic carbocycles. The number of aromatic nitrogens is 1. The first-order chi connectivity index (χ1) is 19.5. The van der Waals surface area contributed by atoms with E-state index < -0.39 is 54.5 Å². The van der Waals surface area contributed by atoms with Crippen LogP contribution in [-0.2, 0) is 32.0 Å². The second-order valence-electron chi connectivity index (χ2n) is 10.1. The van der Waals surface area contributed by atoms with E-state index >= 15 is 0 Å². The van der Waals surface area contributed by atoms with Crippen molar-refractivity contribution in [3.05, 3.63) is 65.9 Å². The van der Waals surface area contributed by atoms with Gasteiger partial charge in [-0.05, 0) is 35.2 Å². The molecule has 1 aromatic heterocycles. The fraction of sp³-hybridized carbons (Fsp3) is 0.379. The highest BCUT2D eigenvalue weighted by Gasteiger charge is 2.32. The summed E-state index contributed by atoms with van der Waals surface area (Å²) in [5.74, 6) is -3.75. The van der Waals surface area contributed by atoms with Crippen molar-refractivity contribution < 1.29 is 34.5 Å². The van der Waals surface area contributed by atoms with E-state index in [0.29, 0.717) is 12.0 Å². The summed E-state index contributed by atoms with van der Waals surface area (Å²) in [6.45, 7) is 2.87. The number of nitrogens with one attached hydrogen (secondary N) is 4. The molecule has 220 valence electrons. The molecule has 5 atom stereocenters. The van der Waals surface area contributed by atoms with Crippen LogP contribution in [0.5, 0.6) is 5.75 Å². The average Bonchev–Trinajstić information content (AvgIpc) is 3.37. The van der Waals surface area contributed by atoms with Crippen molar-refractivity contribution in [2.24, 2.45) is 11.7 Å². The minimum absolute atomic E-state index is 0.0169. The van der Waals surface area contributed by atoms with Crippen LogP contribution < -0.4 is 21.7 Å². The fourth-order valence-corrected chi connectivity index (χ4v) is 4.38. The lowest BCUT2D eigenvalue weighted by Gasteiger charge is -2.26. The summed E-state index contributed by atoms with van der Waals surface area (Å²) in [6, 6.07) is 8.59. The Kier molecular flexibility index (Phi) is 10.8. The lowest BCUT2D eigenvalue weighted by Crippen LogP contribution is -2.59. The van der Waals surface area contributed by atoms with Crippen molar-refractivity contribution in [1.29, 1.82) is 0 Å². The molecule has 0 fully saturated rings. The molecule has 3 rings (SSSR count). The monoisotopic (exact) mass is 567 g/mol. The molecule has 0 aliphatic rings. The molecule has 3 amide bonds. The zero-order valence-electron chi connectivity index (χ0n) is 23.0. The van der Waals surface area contributed by atoms with Gasteiger partial charge in [-0.2, -0.15) is 0 Å². The number of aliphatic hydroxyl groups is 1. The Labute approximate surface area is 237 Å². The lowest BCUT2D eigenvalue weighted by molar-refractivity contribution is -0.143. The van der Waals surface area contributed by atoms with Crippen LogP contribution >= 0.6 is 0 Å². The third-order valence-corrected chi connectivity index (χ3v) is 7.05. The first-order valence-electron chi connectivity index (χ1n) is 13.4. The van der Waals surface area contributed by atoms with E-state index in [1.54, 1.807) is 32.2 Å². The molecule has 41 heavy (non-hydrogen) atoms. The van der Waals surface area contributed by atoms with Gasteiger partial charge in [-0.15, -0.1) is 0 Å². The van der Waals surface area contributed by atoms with Crippen LogP contribution in [0.2, 0.25) is 0 Å². The van der Waals surface area contributed by atoms with Crippen molar-refractivity contribution in [3.8, 4) is 5.75 Å². The predicted octanol–water partition coefficient (Wildman–Crippen LogP) is 0.563. The molecule has 0 radical (unpaired) electrons. The summed E-state index contributed by atoms with van der Waals surface area (Å²) in [4.78, 5) is 54.6. The van der Waals surface area contributed by atoms with Gasteiger partial charge in [-0.1, -0.05) is 50.6 Å². The molecule has 5 unspecified atom stereocenters. The molecule has 0 bridgehead atoms. The van der Waals surface area contributed by atoms with E-state index in [4.69, 9.17) is 5.73 Å². The quantitative estimate of drug-likeness (QED) is 0.138. The highest BCUT2D eigenvalue weighted by atomic mass is 16.4. The van der Waals surface area contributed by atoms with Crippen molar-refractivity contribution in [1.82, 2.24) is 20.9 Å². The first-order valence-corrected chi connectivity index (χ1v) is 13.4. The summed E-state index contributed by atoms with van der Waals surface area (Å²) in [6.07, 6.45) is 2.23. The van der Waals surface area contributed by atoms with Crippen LogP contribution in [0.1, 0.15) is 31.4 Å². The maximum atomic E-state index is 13.6. The average molecular weight is 568 g/mol. The number of carboxylic acid groups (broad SMARTS) is 1. The van der Waals surface area contributed by atoms with Crippen LogP contribution in [0.15, 0.2) is 54.7 Å². The van der Waals surface area contributed by atoms with Crippen LogP contribution in [0.4, 0.5) is 0 Å². The Bertz CT molecular complexity index is 1360. The molecule has 1 heterocycles. The number of phenolic OH excluding ortho intramolecular Hbond substituents is 1. The van der Waals surface area contributed by atoms with Crippen LogP contribution in [0.25, 0.3) is 10.9 Å².